The molecule has 1 aliphatic rings. The normalized spacial score (nSPS) is 17.6. The number of halogens is 1. The second-order valence-electron chi connectivity index (χ2n) is 7.27. The van der Waals surface area contributed by atoms with Crippen LogP contribution in [0.25, 0.3) is 11.2 Å². The number of rotatable bonds is 3. The Balaban J connectivity index is 1.94. The Labute approximate surface area is 155 Å². The summed E-state index contributed by atoms with van der Waals surface area (Å²) in [6, 6.07) is 6.49. The Morgan fingerprint density at radius 2 is 2.07 bits per heavy atom. The largest absolute Gasteiger partial charge is 0.342 e. The Bertz CT molecular complexity index is 1110. The molecule has 27 heavy (non-hydrogen) atoms. The standard InChI is InChI=1S/C19H22FN5O2/c1-12-6-5-9-24(10-12)18-21-16-15(17(26)22-19(27)23(16)2)25(18)11-13-7-3-4-8-14(13)20/h3-4,7-8,12H,5-6,9-11H2,1-2H3,(H,22,26,27)/t12-/m0/s1. The highest BCUT2D eigenvalue weighted by atomic mass is 19.1. The van der Waals surface area contributed by atoms with Crippen molar-refractivity contribution in [3.8, 4) is 0 Å². The molecule has 1 fully saturated rings. The summed E-state index contributed by atoms with van der Waals surface area (Å²) in [6.07, 6.45) is 2.17. The van der Waals surface area contributed by atoms with E-state index < -0.39 is 11.2 Å². The van der Waals surface area contributed by atoms with E-state index in [0.29, 0.717) is 23.1 Å². The topological polar surface area (TPSA) is 75.9 Å². The summed E-state index contributed by atoms with van der Waals surface area (Å²) in [5.41, 5.74) is 0.0492. The first-order valence-electron chi connectivity index (χ1n) is 9.13. The quantitative estimate of drug-likeness (QED) is 0.762. The van der Waals surface area contributed by atoms with E-state index in [0.717, 1.165) is 25.9 Å². The van der Waals surface area contributed by atoms with E-state index in [1.165, 1.54) is 10.6 Å². The third-order valence-electron chi connectivity index (χ3n) is 5.21. The third-order valence-corrected chi connectivity index (χ3v) is 5.21. The highest BCUT2D eigenvalue weighted by Crippen LogP contribution is 2.26. The summed E-state index contributed by atoms with van der Waals surface area (Å²) < 4.78 is 17.3. The van der Waals surface area contributed by atoms with Gasteiger partial charge in [-0.2, -0.15) is 4.98 Å². The molecule has 0 bridgehead atoms. The SMILES string of the molecule is C[C@H]1CCCN(c2nc3c(c(=O)[nH]c(=O)n3C)n2Cc2ccccc2F)C1. The Morgan fingerprint density at radius 1 is 1.30 bits per heavy atom. The van der Waals surface area contributed by atoms with Gasteiger partial charge >= 0.3 is 5.69 Å². The molecule has 2 aromatic heterocycles. The monoisotopic (exact) mass is 371 g/mol. The molecule has 1 atom stereocenters. The summed E-state index contributed by atoms with van der Waals surface area (Å²) in [6.45, 7) is 3.98. The molecule has 4 rings (SSSR count). The van der Waals surface area contributed by atoms with Crippen LogP contribution in [-0.4, -0.2) is 32.2 Å². The Morgan fingerprint density at radius 3 is 2.81 bits per heavy atom. The van der Waals surface area contributed by atoms with Crippen LogP contribution in [0.3, 0.4) is 0 Å². The van der Waals surface area contributed by atoms with Gasteiger partial charge in [0.25, 0.3) is 5.56 Å². The van der Waals surface area contributed by atoms with Crippen molar-refractivity contribution < 1.29 is 4.39 Å². The van der Waals surface area contributed by atoms with Crippen LogP contribution in [0.15, 0.2) is 33.9 Å². The van der Waals surface area contributed by atoms with Crippen molar-refractivity contribution in [2.45, 2.75) is 26.3 Å². The molecular formula is C19H22FN5O2. The van der Waals surface area contributed by atoms with E-state index in [-0.39, 0.29) is 17.9 Å². The van der Waals surface area contributed by atoms with Crippen LogP contribution in [0.2, 0.25) is 0 Å². The number of nitrogens with one attached hydrogen (secondary N) is 1. The lowest BCUT2D eigenvalue weighted by Crippen LogP contribution is -2.36. The van der Waals surface area contributed by atoms with E-state index in [9.17, 15) is 14.0 Å². The summed E-state index contributed by atoms with van der Waals surface area (Å²) in [5, 5.41) is 0. The number of aromatic nitrogens is 4. The summed E-state index contributed by atoms with van der Waals surface area (Å²) in [7, 11) is 1.57. The van der Waals surface area contributed by atoms with Gasteiger partial charge in [0.1, 0.15) is 5.82 Å². The zero-order valence-corrected chi connectivity index (χ0v) is 15.4. The number of aryl methyl sites for hydroxylation is 1. The fourth-order valence-corrected chi connectivity index (χ4v) is 3.78. The average Bonchev–Trinajstić information content (AvgIpc) is 3.02. The first-order chi connectivity index (χ1) is 13.0. The molecule has 0 saturated carbocycles. The molecule has 3 aromatic rings. The predicted octanol–water partition coefficient (Wildman–Crippen LogP) is 1.85. The van der Waals surface area contributed by atoms with Crippen LogP contribution in [-0.2, 0) is 13.6 Å². The maximum absolute atomic E-state index is 14.3. The lowest BCUT2D eigenvalue weighted by Gasteiger charge is -2.32. The second kappa shape index (κ2) is 6.68. The molecule has 1 saturated heterocycles. The maximum atomic E-state index is 14.3. The number of hydrogen-bond donors (Lipinski definition) is 1. The smallest absolute Gasteiger partial charge is 0.329 e. The number of benzene rings is 1. The molecule has 1 aromatic carbocycles. The van der Waals surface area contributed by atoms with Crippen molar-refractivity contribution in [3.05, 3.63) is 56.5 Å². The van der Waals surface area contributed by atoms with E-state index in [1.807, 2.05) is 0 Å². The predicted molar refractivity (Wildman–Crippen MR) is 102 cm³/mol. The van der Waals surface area contributed by atoms with Gasteiger partial charge in [-0.05, 0) is 24.8 Å². The summed E-state index contributed by atoms with van der Waals surface area (Å²) in [5.74, 6) is 0.771. The molecule has 0 spiro atoms. The van der Waals surface area contributed by atoms with Gasteiger partial charge < -0.3 is 4.90 Å². The summed E-state index contributed by atoms with van der Waals surface area (Å²) >= 11 is 0. The van der Waals surface area contributed by atoms with Gasteiger partial charge in [0.05, 0.1) is 6.54 Å². The van der Waals surface area contributed by atoms with Crippen LogP contribution in [0.1, 0.15) is 25.3 Å². The minimum Gasteiger partial charge on any atom is -0.342 e. The fraction of sp³-hybridized carbons (Fsp3) is 0.421. The van der Waals surface area contributed by atoms with E-state index in [4.69, 9.17) is 0 Å². The van der Waals surface area contributed by atoms with E-state index >= 15 is 0 Å². The number of aromatic amines is 1. The van der Waals surface area contributed by atoms with Crippen molar-refractivity contribution in [1.82, 2.24) is 19.1 Å². The van der Waals surface area contributed by atoms with Gasteiger partial charge in [0.15, 0.2) is 11.2 Å². The number of nitrogens with zero attached hydrogens (tertiary/aromatic N) is 4. The molecule has 0 amide bonds. The van der Waals surface area contributed by atoms with Gasteiger partial charge in [0.2, 0.25) is 5.95 Å². The fourth-order valence-electron chi connectivity index (χ4n) is 3.78. The minimum absolute atomic E-state index is 0.171. The Hall–Kier alpha value is -2.90. The number of hydrogen-bond acceptors (Lipinski definition) is 4. The molecule has 0 aliphatic carbocycles. The third kappa shape index (κ3) is 3.05. The minimum atomic E-state index is -0.512. The number of H-pyrrole nitrogens is 1. The zero-order chi connectivity index (χ0) is 19.1. The molecular weight excluding hydrogens is 349 g/mol. The molecule has 142 valence electrons. The number of imidazole rings is 1. The van der Waals surface area contributed by atoms with Gasteiger partial charge in [-0.25, -0.2) is 9.18 Å². The van der Waals surface area contributed by atoms with Crippen LogP contribution in [0.5, 0.6) is 0 Å². The highest BCUT2D eigenvalue weighted by Gasteiger charge is 2.25. The van der Waals surface area contributed by atoms with E-state index in [1.54, 1.807) is 29.8 Å². The van der Waals surface area contributed by atoms with Crippen LogP contribution in [0, 0.1) is 11.7 Å². The van der Waals surface area contributed by atoms with E-state index in [2.05, 4.69) is 21.8 Å². The molecule has 8 heteroatoms. The number of fused-ring (bicyclic) bond motifs is 1. The van der Waals surface area contributed by atoms with Gasteiger partial charge in [0, 0.05) is 25.7 Å². The van der Waals surface area contributed by atoms with Crippen LogP contribution in [0.4, 0.5) is 10.3 Å². The van der Waals surface area contributed by atoms with Crippen molar-refractivity contribution in [3.63, 3.8) is 0 Å². The second-order valence-corrected chi connectivity index (χ2v) is 7.27. The Kier molecular flexibility index (Phi) is 4.33. The van der Waals surface area contributed by atoms with Crippen molar-refractivity contribution in [1.29, 1.82) is 0 Å². The number of piperidine rings is 1. The first kappa shape index (κ1) is 17.5. The van der Waals surface area contributed by atoms with Gasteiger partial charge in [-0.15, -0.1) is 0 Å². The number of anilines is 1. The lowest BCUT2D eigenvalue weighted by molar-refractivity contribution is 0.439. The molecule has 3 heterocycles. The van der Waals surface area contributed by atoms with Gasteiger partial charge in [-0.3, -0.25) is 18.9 Å². The molecule has 1 N–H and O–H groups in total. The zero-order valence-electron chi connectivity index (χ0n) is 15.4. The van der Waals surface area contributed by atoms with Gasteiger partial charge in [-0.1, -0.05) is 25.1 Å². The molecule has 1 aliphatic heterocycles. The maximum Gasteiger partial charge on any atom is 0.329 e. The molecule has 7 nitrogen and oxygen atoms in total. The van der Waals surface area contributed by atoms with Crippen molar-refractivity contribution in [2.24, 2.45) is 13.0 Å². The average molecular weight is 371 g/mol. The summed E-state index contributed by atoms with van der Waals surface area (Å²) in [4.78, 5) is 33.6. The lowest BCUT2D eigenvalue weighted by atomic mass is 10.0. The van der Waals surface area contributed by atoms with Crippen molar-refractivity contribution in [2.75, 3.05) is 18.0 Å². The highest BCUT2D eigenvalue weighted by molar-refractivity contribution is 5.74. The van der Waals surface area contributed by atoms with Crippen LogP contribution >= 0.6 is 0 Å². The molecule has 0 unspecified atom stereocenters. The first-order valence-corrected chi connectivity index (χ1v) is 9.13. The van der Waals surface area contributed by atoms with Crippen molar-refractivity contribution >= 4 is 17.1 Å². The van der Waals surface area contributed by atoms with Crippen LogP contribution < -0.4 is 16.1 Å². The molecule has 0 radical (unpaired) electrons.